The lowest BCUT2D eigenvalue weighted by atomic mass is 10.2. The summed E-state index contributed by atoms with van der Waals surface area (Å²) in [6.45, 7) is 0. The summed E-state index contributed by atoms with van der Waals surface area (Å²) in [6, 6.07) is 3.14. The van der Waals surface area contributed by atoms with Crippen molar-refractivity contribution in [2.75, 3.05) is 7.11 Å². The largest absolute Gasteiger partial charge is 0.494 e. The van der Waals surface area contributed by atoms with E-state index in [1.807, 2.05) is 0 Å². The van der Waals surface area contributed by atoms with Crippen LogP contribution in [-0.2, 0) is 0 Å². The van der Waals surface area contributed by atoms with E-state index in [2.05, 4.69) is 9.97 Å². The summed E-state index contributed by atoms with van der Waals surface area (Å²) < 4.78 is 5.08. The second-order valence-electron chi connectivity index (χ2n) is 2.91. The molecule has 0 aliphatic carbocycles. The number of methoxy groups -OCH3 is 1. The third-order valence-corrected chi connectivity index (χ3v) is 2.01. The van der Waals surface area contributed by atoms with Gasteiger partial charge in [0.2, 0.25) is 0 Å². The van der Waals surface area contributed by atoms with Crippen LogP contribution in [-0.4, -0.2) is 28.2 Å². The maximum Gasteiger partial charge on any atom is 0.337 e. The van der Waals surface area contributed by atoms with Crippen molar-refractivity contribution in [2.45, 2.75) is 0 Å². The van der Waals surface area contributed by atoms with E-state index in [0.29, 0.717) is 16.8 Å². The zero-order chi connectivity index (χ0) is 10.8. The minimum absolute atomic E-state index is 0.114. The van der Waals surface area contributed by atoms with Crippen LogP contribution in [0.4, 0.5) is 0 Å². The SMILES string of the molecule is COc1ccnc2cc(C(=O)O)cnc12. The fourth-order valence-corrected chi connectivity index (χ4v) is 1.29. The lowest BCUT2D eigenvalue weighted by Crippen LogP contribution is -1.98. The Balaban J connectivity index is 2.69. The number of aromatic carboxylic acids is 1. The standard InChI is InChI=1S/C10H8N2O3/c1-15-8-2-3-11-7-4-6(10(13)14)5-12-9(7)8/h2-5H,1H3,(H,13,14). The topological polar surface area (TPSA) is 72.3 Å². The Bertz CT molecular complexity index is 525. The fraction of sp³-hybridized carbons (Fsp3) is 0.100. The fourth-order valence-electron chi connectivity index (χ4n) is 1.29. The molecule has 0 fully saturated rings. The maximum absolute atomic E-state index is 10.7. The molecule has 0 bridgehead atoms. The van der Waals surface area contributed by atoms with Crippen molar-refractivity contribution in [3.63, 3.8) is 0 Å². The molecule has 0 aliphatic rings. The van der Waals surface area contributed by atoms with Gasteiger partial charge < -0.3 is 9.84 Å². The number of ether oxygens (including phenoxy) is 1. The van der Waals surface area contributed by atoms with E-state index in [4.69, 9.17) is 9.84 Å². The first-order valence-electron chi connectivity index (χ1n) is 4.24. The number of rotatable bonds is 2. The van der Waals surface area contributed by atoms with Gasteiger partial charge in [0.15, 0.2) is 0 Å². The zero-order valence-electron chi connectivity index (χ0n) is 7.97. The number of hydrogen-bond donors (Lipinski definition) is 1. The molecule has 2 aromatic heterocycles. The highest BCUT2D eigenvalue weighted by Gasteiger charge is 2.08. The number of carboxylic acids is 1. The van der Waals surface area contributed by atoms with Crippen molar-refractivity contribution in [3.8, 4) is 5.75 Å². The van der Waals surface area contributed by atoms with E-state index in [9.17, 15) is 4.79 Å². The van der Waals surface area contributed by atoms with Gasteiger partial charge in [-0.15, -0.1) is 0 Å². The van der Waals surface area contributed by atoms with Crippen LogP contribution in [0.15, 0.2) is 24.5 Å². The van der Waals surface area contributed by atoms with Crippen LogP contribution in [0.5, 0.6) is 5.75 Å². The smallest absolute Gasteiger partial charge is 0.337 e. The zero-order valence-corrected chi connectivity index (χ0v) is 7.97. The molecule has 0 saturated carbocycles. The van der Waals surface area contributed by atoms with Crippen LogP contribution in [0.3, 0.4) is 0 Å². The van der Waals surface area contributed by atoms with Crippen molar-refractivity contribution >= 4 is 17.0 Å². The Morgan fingerprint density at radius 2 is 2.27 bits per heavy atom. The van der Waals surface area contributed by atoms with Gasteiger partial charge in [-0.25, -0.2) is 9.78 Å². The van der Waals surface area contributed by atoms with Gasteiger partial charge in [-0.1, -0.05) is 0 Å². The predicted molar refractivity (Wildman–Crippen MR) is 53.0 cm³/mol. The number of carbonyl (C=O) groups is 1. The molecule has 0 aliphatic heterocycles. The van der Waals surface area contributed by atoms with E-state index in [-0.39, 0.29) is 5.56 Å². The number of hydrogen-bond acceptors (Lipinski definition) is 4. The Hall–Kier alpha value is -2.17. The van der Waals surface area contributed by atoms with E-state index >= 15 is 0 Å². The summed E-state index contributed by atoms with van der Waals surface area (Å²) in [5.74, 6) is -0.439. The van der Waals surface area contributed by atoms with E-state index in [1.165, 1.54) is 19.4 Å². The lowest BCUT2D eigenvalue weighted by Gasteiger charge is -2.03. The quantitative estimate of drug-likeness (QED) is 0.799. The van der Waals surface area contributed by atoms with Crippen molar-refractivity contribution < 1.29 is 14.6 Å². The molecule has 0 radical (unpaired) electrons. The Kier molecular flexibility index (Phi) is 2.21. The lowest BCUT2D eigenvalue weighted by molar-refractivity contribution is 0.0696. The van der Waals surface area contributed by atoms with E-state index in [0.717, 1.165) is 0 Å². The summed E-state index contributed by atoms with van der Waals surface area (Å²) in [5, 5.41) is 8.77. The first kappa shape index (κ1) is 9.39. The average molecular weight is 204 g/mol. The van der Waals surface area contributed by atoms with Gasteiger partial charge in [-0.2, -0.15) is 0 Å². The van der Waals surface area contributed by atoms with Crippen LogP contribution in [0, 0.1) is 0 Å². The normalized spacial score (nSPS) is 10.2. The molecule has 2 rings (SSSR count). The molecule has 5 nitrogen and oxygen atoms in total. The third-order valence-electron chi connectivity index (χ3n) is 2.01. The molecule has 5 heteroatoms. The number of pyridine rings is 2. The van der Waals surface area contributed by atoms with Crippen molar-refractivity contribution in [1.82, 2.24) is 9.97 Å². The number of aromatic nitrogens is 2. The van der Waals surface area contributed by atoms with Gasteiger partial charge >= 0.3 is 5.97 Å². The molecule has 2 heterocycles. The summed E-state index contributed by atoms with van der Waals surface area (Å²) in [5.41, 5.74) is 1.18. The van der Waals surface area contributed by atoms with Gasteiger partial charge in [0, 0.05) is 18.5 Å². The molecule has 0 atom stereocenters. The summed E-state index contributed by atoms with van der Waals surface area (Å²) in [7, 11) is 1.53. The van der Waals surface area contributed by atoms with Crippen LogP contribution < -0.4 is 4.74 Å². The van der Waals surface area contributed by atoms with Crippen LogP contribution >= 0.6 is 0 Å². The number of fused-ring (bicyclic) bond motifs is 1. The Morgan fingerprint density at radius 3 is 2.93 bits per heavy atom. The van der Waals surface area contributed by atoms with Gasteiger partial charge in [0.25, 0.3) is 0 Å². The molecular weight excluding hydrogens is 196 g/mol. The summed E-state index contributed by atoms with van der Waals surface area (Å²) in [4.78, 5) is 18.7. The minimum atomic E-state index is -1.02. The predicted octanol–water partition coefficient (Wildman–Crippen LogP) is 1.34. The molecule has 0 saturated heterocycles. The molecule has 15 heavy (non-hydrogen) atoms. The average Bonchev–Trinajstić information content (AvgIpc) is 2.27. The van der Waals surface area contributed by atoms with Gasteiger partial charge in [-0.3, -0.25) is 4.98 Å². The second-order valence-corrected chi connectivity index (χ2v) is 2.91. The highest BCUT2D eigenvalue weighted by molar-refractivity contribution is 5.92. The Labute approximate surface area is 85.4 Å². The summed E-state index contributed by atoms with van der Waals surface area (Å²) >= 11 is 0. The highest BCUT2D eigenvalue weighted by atomic mass is 16.5. The first-order chi connectivity index (χ1) is 7.22. The van der Waals surface area contributed by atoms with Crippen LogP contribution in [0.25, 0.3) is 11.0 Å². The molecule has 76 valence electrons. The first-order valence-corrected chi connectivity index (χ1v) is 4.24. The summed E-state index contributed by atoms with van der Waals surface area (Å²) in [6.07, 6.45) is 2.84. The Morgan fingerprint density at radius 1 is 1.47 bits per heavy atom. The third kappa shape index (κ3) is 1.59. The molecule has 0 unspecified atom stereocenters. The van der Waals surface area contributed by atoms with E-state index in [1.54, 1.807) is 12.3 Å². The van der Waals surface area contributed by atoms with Crippen molar-refractivity contribution in [2.24, 2.45) is 0 Å². The van der Waals surface area contributed by atoms with Gasteiger partial charge in [0.05, 0.1) is 18.2 Å². The molecule has 1 N–H and O–H groups in total. The molecule has 0 amide bonds. The van der Waals surface area contributed by atoms with Crippen LogP contribution in [0.2, 0.25) is 0 Å². The molecular formula is C10H8N2O3. The molecule has 0 aromatic carbocycles. The second kappa shape index (κ2) is 3.53. The highest BCUT2D eigenvalue weighted by Crippen LogP contribution is 2.21. The van der Waals surface area contributed by atoms with E-state index < -0.39 is 5.97 Å². The monoisotopic (exact) mass is 204 g/mol. The van der Waals surface area contributed by atoms with Crippen molar-refractivity contribution in [1.29, 1.82) is 0 Å². The number of nitrogens with zero attached hydrogens (tertiary/aromatic N) is 2. The molecule has 0 spiro atoms. The maximum atomic E-state index is 10.7. The number of carboxylic acid groups (broad SMARTS) is 1. The molecule has 2 aromatic rings. The van der Waals surface area contributed by atoms with Gasteiger partial charge in [-0.05, 0) is 6.07 Å². The van der Waals surface area contributed by atoms with Crippen LogP contribution in [0.1, 0.15) is 10.4 Å². The van der Waals surface area contributed by atoms with Crippen molar-refractivity contribution in [3.05, 3.63) is 30.1 Å². The van der Waals surface area contributed by atoms with Gasteiger partial charge in [0.1, 0.15) is 11.3 Å². The minimum Gasteiger partial charge on any atom is -0.494 e.